The fraction of sp³-hybridized carbons (Fsp3) is 0.455. The van der Waals surface area contributed by atoms with Crippen LogP contribution >= 0.6 is 0 Å². The minimum absolute atomic E-state index is 0.0597. The van der Waals surface area contributed by atoms with Crippen LogP contribution in [0.2, 0.25) is 0 Å². The third kappa shape index (κ3) is 4.00. The molecule has 1 aliphatic rings. The maximum atomic E-state index is 11.3. The van der Waals surface area contributed by atoms with Crippen molar-refractivity contribution in [3.63, 3.8) is 0 Å². The summed E-state index contributed by atoms with van der Waals surface area (Å²) in [6.07, 6.45) is 2.89. The van der Waals surface area contributed by atoms with Crippen molar-refractivity contribution in [1.29, 1.82) is 0 Å². The van der Waals surface area contributed by atoms with Crippen molar-refractivity contribution in [3.8, 4) is 0 Å². The van der Waals surface area contributed by atoms with Gasteiger partial charge in [-0.1, -0.05) is 6.08 Å². The molecule has 0 aromatic heterocycles. The van der Waals surface area contributed by atoms with E-state index in [1.54, 1.807) is 13.0 Å². The summed E-state index contributed by atoms with van der Waals surface area (Å²) in [4.78, 5) is 49.2. The van der Waals surface area contributed by atoms with E-state index in [-0.39, 0.29) is 31.7 Å². The van der Waals surface area contributed by atoms with Gasteiger partial charge in [-0.3, -0.25) is 14.4 Å². The highest BCUT2D eigenvalue weighted by Crippen LogP contribution is 2.12. The highest BCUT2D eigenvalue weighted by Gasteiger charge is 2.32. The molecule has 7 heteroatoms. The van der Waals surface area contributed by atoms with E-state index in [9.17, 15) is 19.2 Å². The molecule has 0 aromatic carbocycles. The van der Waals surface area contributed by atoms with E-state index >= 15 is 0 Å². The number of hydrogen-bond acceptors (Lipinski definition) is 5. The number of hydroxylamine groups is 2. The van der Waals surface area contributed by atoms with Gasteiger partial charge in [0, 0.05) is 19.4 Å². The Morgan fingerprint density at radius 3 is 2.50 bits per heavy atom. The molecular weight excluding hydrogens is 240 g/mol. The van der Waals surface area contributed by atoms with Crippen LogP contribution in [0.15, 0.2) is 12.2 Å². The van der Waals surface area contributed by atoms with Gasteiger partial charge in [-0.2, -0.15) is 0 Å². The molecule has 3 amide bonds. The molecule has 7 nitrogen and oxygen atoms in total. The Balaban J connectivity index is 2.27. The summed E-state index contributed by atoms with van der Waals surface area (Å²) in [6.45, 7) is 1.77. The monoisotopic (exact) mass is 254 g/mol. The molecule has 0 radical (unpaired) electrons. The van der Waals surface area contributed by atoms with Crippen LogP contribution in [0, 0.1) is 0 Å². The minimum atomic E-state index is -0.737. The number of allylic oxidation sites excluding steroid dienone is 1. The molecule has 0 saturated carbocycles. The Bertz CT molecular complexity index is 386. The Morgan fingerprint density at radius 2 is 1.94 bits per heavy atom. The predicted octanol–water partition coefficient (Wildman–Crippen LogP) is -0.324. The highest BCUT2D eigenvalue weighted by molar-refractivity contribution is 6.01. The highest BCUT2D eigenvalue weighted by atomic mass is 16.7. The van der Waals surface area contributed by atoms with Gasteiger partial charge < -0.3 is 10.2 Å². The molecule has 0 unspecified atom stereocenters. The van der Waals surface area contributed by atoms with E-state index in [4.69, 9.17) is 0 Å². The van der Waals surface area contributed by atoms with Crippen molar-refractivity contribution >= 4 is 23.7 Å². The van der Waals surface area contributed by atoms with E-state index in [2.05, 4.69) is 10.2 Å². The molecule has 1 saturated heterocycles. The number of carbonyl (C=O) groups excluding carboxylic acids is 4. The first-order chi connectivity index (χ1) is 8.54. The van der Waals surface area contributed by atoms with Gasteiger partial charge in [0.1, 0.15) is 0 Å². The number of nitrogens with one attached hydrogen (secondary N) is 1. The molecular formula is C11H14N2O5. The molecule has 1 heterocycles. The van der Waals surface area contributed by atoms with Crippen LogP contribution in [-0.2, 0) is 24.0 Å². The summed E-state index contributed by atoms with van der Waals surface area (Å²) in [6, 6.07) is 0. The Morgan fingerprint density at radius 1 is 1.33 bits per heavy atom. The van der Waals surface area contributed by atoms with Gasteiger partial charge in [0.05, 0.1) is 6.42 Å². The Labute approximate surface area is 104 Å². The number of imide groups is 1. The number of amides is 3. The van der Waals surface area contributed by atoms with Crippen molar-refractivity contribution in [2.45, 2.75) is 26.2 Å². The molecule has 1 N–H and O–H groups in total. The number of hydrogen-bond donors (Lipinski definition) is 1. The summed E-state index contributed by atoms with van der Waals surface area (Å²) in [7, 11) is 0. The molecule has 0 spiro atoms. The van der Waals surface area contributed by atoms with E-state index in [1.807, 2.05) is 0 Å². The molecule has 18 heavy (non-hydrogen) atoms. The summed E-state index contributed by atoms with van der Waals surface area (Å²) in [5.74, 6) is -2.10. The maximum Gasteiger partial charge on any atom is 0.334 e. The van der Waals surface area contributed by atoms with Gasteiger partial charge in [-0.05, 0) is 13.0 Å². The lowest BCUT2D eigenvalue weighted by molar-refractivity contribution is -0.197. The van der Waals surface area contributed by atoms with E-state index in [1.165, 1.54) is 6.08 Å². The second-order valence-electron chi connectivity index (χ2n) is 3.59. The number of rotatable bonds is 5. The molecule has 0 aliphatic carbocycles. The van der Waals surface area contributed by atoms with Crippen LogP contribution in [0.3, 0.4) is 0 Å². The van der Waals surface area contributed by atoms with Gasteiger partial charge in [-0.15, -0.1) is 5.06 Å². The minimum Gasteiger partial charge on any atom is -0.352 e. The largest absolute Gasteiger partial charge is 0.352 e. The zero-order valence-corrected chi connectivity index (χ0v) is 9.97. The Hall–Kier alpha value is -2.18. The van der Waals surface area contributed by atoms with Crippen LogP contribution < -0.4 is 5.32 Å². The van der Waals surface area contributed by atoms with Gasteiger partial charge in [0.15, 0.2) is 0 Å². The molecule has 1 fully saturated rings. The lowest BCUT2D eigenvalue weighted by atomic mass is 10.4. The molecule has 1 aliphatic heterocycles. The van der Waals surface area contributed by atoms with Gasteiger partial charge in [-0.25, -0.2) is 4.79 Å². The number of carbonyl (C=O) groups is 4. The van der Waals surface area contributed by atoms with Crippen LogP contribution in [0.25, 0.3) is 0 Å². The van der Waals surface area contributed by atoms with Gasteiger partial charge in [0.25, 0.3) is 11.8 Å². The molecule has 0 bridgehead atoms. The predicted molar refractivity (Wildman–Crippen MR) is 59.6 cm³/mol. The molecule has 1 rings (SSSR count). The maximum absolute atomic E-state index is 11.3. The van der Waals surface area contributed by atoms with Crippen molar-refractivity contribution < 1.29 is 24.0 Å². The van der Waals surface area contributed by atoms with Gasteiger partial charge >= 0.3 is 5.97 Å². The number of nitrogens with zero attached hydrogens (tertiary/aromatic N) is 1. The second-order valence-corrected chi connectivity index (χ2v) is 3.59. The summed E-state index contributed by atoms with van der Waals surface area (Å²) in [5.41, 5.74) is 0. The first kappa shape index (κ1) is 13.9. The zero-order chi connectivity index (χ0) is 13.5. The topological polar surface area (TPSA) is 92.8 Å². The van der Waals surface area contributed by atoms with Crippen LogP contribution in [0.4, 0.5) is 0 Å². The first-order valence-corrected chi connectivity index (χ1v) is 5.51. The standard InChI is InChI=1S/C11H14N2O5/c1-2-3-8(14)12-7-6-11(17)18-13-9(15)4-5-10(13)16/h2-3H,4-7H2,1H3,(H,12,14)/b3-2-. The summed E-state index contributed by atoms with van der Waals surface area (Å²) >= 11 is 0. The van der Waals surface area contributed by atoms with Crippen LogP contribution in [-0.4, -0.2) is 35.3 Å². The fourth-order valence-electron chi connectivity index (χ4n) is 1.30. The molecule has 98 valence electrons. The van der Waals surface area contributed by atoms with E-state index < -0.39 is 17.8 Å². The lowest BCUT2D eigenvalue weighted by Gasteiger charge is -2.12. The van der Waals surface area contributed by atoms with Crippen LogP contribution in [0.5, 0.6) is 0 Å². The van der Waals surface area contributed by atoms with Crippen molar-refractivity contribution in [2.75, 3.05) is 6.54 Å². The summed E-state index contributed by atoms with van der Waals surface area (Å²) in [5, 5.41) is 2.93. The average molecular weight is 254 g/mol. The third-order valence-electron chi connectivity index (χ3n) is 2.15. The Kier molecular flexibility index (Phi) is 5.04. The lowest BCUT2D eigenvalue weighted by Crippen LogP contribution is -2.33. The SMILES string of the molecule is C/C=C\C(=O)NCCC(=O)ON1C(=O)CCC1=O. The first-order valence-electron chi connectivity index (χ1n) is 5.51. The van der Waals surface area contributed by atoms with Crippen molar-refractivity contribution in [3.05, 3.63) is 12.2 Å². The van der Waals surface area contributed by atoms with Crippen molar-refractivity contribution in [1.82, 2.24) is 10.4 Å². The van der Waals surface area contributed by atoms with E-state index in [0.29, 0.717) is 5.06 Å². The fourth-order valence-corrected chi connectivity index (χ4v) is 1.30. The quantitative estimate of drug-likeness (QED) is 0.536. The smallest absolute Gasteiger partial charge is 0.334 e. The summed E-state index contributed by atoms with van der Waals surface area (Å²) < 4.78 is 0. The molecule has 0 atom stereocenters. The average Bonchev–Trinajstić information content (AvgIpc) is 2.61. The normalized spacial score (nSPS) is 15.3. The molecule has 0 aromatic rings. The third-order valence-corrected chi connectivity index (χ3v) is 2.15. The zero-order valence-electron chi connectivity index (χ0n) is 9.97. The van der Waals surface area contributed by atoms with Crippen molar-refractivity contribution in [2.24, 2.45) is 0 Å². The van der Waals surface area contributed by atoms with Crippen LogP contribution in [0.1, 0.15) is 26.2 Å². The van der Waals surface area contributed by atoms with Gasteiger partial charge in [0.2, 0.25) is 5.91 Å². The van der Waals surface area contributed by atoms with E-state index in [0.717, 1.165) is 0 Å². The second kappa shape index (κ2) is 6.53.